The van der Waals surface area contributed by atoms with Crippen LogP contribution in [0.3, 0.4) is 0 Å². The standard InChI is InChI=1S/C27H28N4O4/c1-34-23-5-4-6-24-25(23)21-15-30(14-19(21)16-35-24)9-2-3-10-31-26(32)20-11-18-13-28-8-7-17(18)12-22(20)29-27(31)33/h4-8,11-13,19,21H,2-3,9-10,14-16H2,1H3,(H,29,33)/t19-,21-/m1/s1. The minimum atomic E-state index is -0.357. The topological polar surface area (TPSA) is 89.5 Å². The van der Waals surface area contributed by atoms with Gasteiger partial charge in [0, 0.05) is 54.8 Å². The first kappa shape index (κ1) is 21.9. The van der Waals surface area contributed by atoms with Gasteiger partial charge in [-0.3, -0.25) is 14.3 Å². The quantitative estimate of drug-likeness (QED) is 0.343. The normalized spacial score (nSPS) is 19.5. The van der Waals surface area contributed by atoms with Gasteiger partial charge in [0.1, 0.15) is 11.5 Å². The minimum Gasteiger partial charge on any atom is -0.496 e. The summed E-state index contributed by atoms with van der Waals surface area (Å²) in [6.07, 6.45) is 5.10. The fraction of sp³-hybridized carbons (Fsp3) is 0.370. The first-order valence-corrected chi connectivity index (χ1v) is 12.1. The molecule has 1 N–H and O–H groups in total. The number of aromatic nitrogens is 3. The molecule has 1 saturated heterocycles. The largest absolute Gasteiger partial charge is 0.496 e. The molecule has 2 aromatic carbocycles. The van der Waals surface area contributed by atoms with E-state index >= 15 is 0 Å². The van der Waals surface area contributed by atoms with Gasteiger partial charge in [0.05, 0.1) is 24.6 Å². The lowest BCUT2D eigenvalue weighted by Gasteiger charge is -2.29. The first-order valence-electron chi connectivity index (χ1n) is 12.1. The van der Waals surface area contributed by atoms with Crippen LogP contribution in [0.15, 0.2) is 58.4 Å². The molecule has 0 aliphatic carbocycles. The third kappa shape index (κ3) is 3.87. The smallest absolute Gasteiger partial charge is 0.328 e. The molecule has 6 rings (SSSR count). The summed E-state index contributed by atoms with van der Waals surface area (Å²) in [5, 5.41) is 2.34. The van der Waals surface area contributed by atoms with Crippen molar-refractivity contribution >= 4 is 21.7 Å². The van der Waals surface area contributed by atoms with Crippen LogP contribution in [0, 0.1) is 5.92 Å². The van der Waals surface area contributed by atoms with Gasteiger partial charge >= 0.3 is 5.69 Å². The molecule has 2 atom stereocenters. The Labute approximate surface area is 202 Å². The van der Waals surface area contributed by atoms with Gasteiger partial charge in [0.15, 0.2) is 0 Å². The Morgan fingerprint density at radius 2 is 2.00 bits per heavy atom. The molecule has 2 aliphatic heterocycles. The monoisotopic (exact) mass is 472 g/mol. The SMILES string of the molecule is COc1cccc2c1[C@@H]1CN(CCCCn3c(=O)[nH]c4cc5ccncc5cc4c3=O)C[C@@H]1CO2. The number of pyridine rings is 1. The van der Waals surface area contributed by atoms with Crippen molar-refractivity contribution in [1.82, 2.24) is 19.4 Å². The summed E-state index contributed by atoms with van der Waals surface area (Å²) in [5.41, 5.74) is 1.14. The molecule has 8 nitrogen and oxygen atoms in total. The van der Waals surface area contributed by atoms with E-state index in [0.29, 0.717) is 29.3 Å². The van der Waals surface area contributed by atoms with Gasteiger partial charge in [-0.1, -0.05) is 6.07 Å². The summed E-state index contributed by atoms with van der Waals surface area (Å²) < 4.78 is 12.9. The van der Waals surface area contributed by atoms with Crippen LogP contribution in [0.5, 0.6) is 11.5 Å². The molecule has 1 fully saturated rings. The molecule has 4 heterocycles. The van der Waals surface area contributed by atoms with Crippen molar-refractivity contribution in [2.45, 2.75) is 25.3 Å². The maximum atomic E-state index is 13.1. The maximum absolute atomic E-state index is 13.1. The molecule has 35 heavy (non-hydrogen) atoms. The number of H-pyrrole nitrogens is 1. The van der Waals surface area contributed by atoms with Crippen LogP contribution in [-0.4, -0.2) is 52.8 Å². The number of aromatic amines is 1. The van der Waals surface area contributed by atoms with Crippen molar-refractivity contribution in [3.05, 3.63) is 75.2 Å². The van der Waals surface area contributed by atoms with Crippen molar-refractivity contribution in [2.75, 3.05) is 33.4 Å². The number of nitrogens with one attached hydrogen (secondary N) is 1. The van der Waals surface area contributed by atoms with E-state index in [9.17, 15) is 9.59 Å². The summed E-state index contributed by atoms with van der Waals surface area (Å²) in [4.78, 5) is 35.2. The van der Waals surface area contributed by atoms with Gasteiger partial charge in [-0.15, -0.1) is 0 Å². The summed E-state index contributed by atoms with van der Waals surface area (Å²) in [6, 6.07) is 11.5. The highest BCUT2D eigenvalue weighted by Crippen LogP contribution is 2.46. The van der Waals surface area contributed by atoms with E-state index in [-0.39, 0.29) is 11.2 Å². The van der Waals surface area contributed by atoms with Crippen molar-refractivity contribution in [3.8, 4) is 11.5 Å². The van der Waals surface area contributed by atoms with Gasteiger partial charge < -0.3 is 19.4 Å². The Hall–Kier alpha value is -3.65. The number of unbranched alkanes of at least 4 members (excludes halogenated alkanes) is 1. The molecule has 8 heteroatoms. The molecule has 4 aromatic rings. The summed E-state index contributed by atoms with van der Waals surface area (Å²) in [5.74, 6) is 2.70. The zero-order valence-corrected chi connectivity index (χ0v) is 19.7. The zero-order chi connectivity index (χ0) is 23.9. The van der Waals surface area contributed by atoms with E-state index in [0.717, 1.165) is 61.4 Å². The lowest BCUT2D eigenvalue weighted by molar-refractivity contribution is 0.209. The molecule has 0 amide bonds. The van der Waals surface area contributed by atoms with Crippen LogP contribution < -0.4 is 20.7 Å². The van der Waals surface area contributed by atoms with E-state index in [2.05, 4.69) is 14.9 Å². The Balaban J connectivity index is 1.13. The average molecular weight is 473 g/mol. The van der Waals surface area contributed by atoms with E-state index in [1.807, 2.05) is 36.4 Å². The van der Waals surface area contributed by atoms with E-state index in [4.69, 9.17) is 9.47 Å². The van der Waals surface area contributed by atoms with Gasteiger partial charge in [-0.25, -0.2) is 4.79 Å². The van der Waals surface area contributed by atoms with E-state index < -0.39 is 0 Å². The predicted octanol–water partition coefficient (Wildman–Crippen LogP) is 3.13. The second-order valence-corrected chi connectivity index (χ2v) is 9.52. The number of rotatable bonds is 6. The molecule has 180 valence electrons. The second kappa shape index (κ2) is 8.85. The number of methoxy groups -OCH3 is 1. The van der Waals surface area contributed by atoms with Gasteiger partial charge in [-0.2, -0.15) is 0 Å². The fourth-order valence-corrected chi connectivity index (χ4v) is 5.67. The Bertz CT molecular complexity index is 1510. The summed E-state index contributed by atoms with van der Waals surface area (Å²) >= 11 is 0. The van der Waals surface area contributed by atoms with Crippen molar-refractivity contribution < 1.29 is 9.47 Å². The number of likely N-dealkylation sites (tertiary alicyclic amines) is 1. The fourth-order valence-electron chi connectivity index (χ4n) is 5.67. The molecule has 2 aromatic heterocycles. The molecular formula is C27H28N4O4. The number of hydrogen-bond acceptors (Lipinski definition) is 6. The third-order valence-corrected chi connectivity index (χ3v) is 7.43. The molecular weight excluding hydrogens is 444 g/mol. The molecule has 0 saturated carbocycles. The number of benzene rings is 2. The van der Waals surface area contributed by atoms with Crippen molar-refractivity contribution in [2.24, 2.45) is 5.92 Å². The van der Waals surface area contributed by atoms with Gasteiger partial charge in [0.2, 0.25) is 0 Å². The molecule has 2 aliphatic rings. The van der Waals surface area contributed by atoms with Crippen molar-refractivity contribution in [1.29, 1.82) is 0 Å². The number of nitrogens with zero attached hydrogens (tertiary/aromatic N) is 3. The first-order chi connectivity index (χ1) is 17.1. The van der Waals surface area contributed by atoms with E-state index in [1.54, 1.807) is 19.5 Å². The van der Waals surface area contributed by atoms with Crippen LogP contribution in [0.4, 0.5) is 0 Å². The second-order valence-electron chi connectivity index (χ2n) is 9.52. The van der Waals surface area contributed by atoms with Gasteiger partial charge in [0.25, 0.3) is 5.56 Å². The Morgan fingerprint density at radius 1 is 1.11 bits per heavy atom. The summed E-state index contributed by atoms with van der Waals surface area (Å²) in [7, 11) is 1.71. The van der Waals surface area contributed by atoms with Crippen molar-refractivity contribution in [3.63, 3.8) is 0 Å². The number of ether oxygens (including phenoxy) is 2. The number of fused-ring (bicyclic) bond motifs is 5. The van der Waals surface area contributed by atoms with Crippen LogP contribution in [-0.2, 0) is 6.54 Å². The molecule has 0 spiro atoms. The highest BCUT2D eigenvalue weighted by atomic mass is 16.5. The predicted molar refractivity (Wildman–Crippen MR) is 135 cm³/mol. The van der Waals surface area contributed by atoms with Crippen LogP contribution >= 0.6 is 0 Å². The maximum Gasteiger partial charge on any atom is 0.328 e. The number of hydrogen-bond donors (Lipinski definition) is 1. The lowest BCUT2D eigenvalue weighted by atomic mass is 9.86. The van der Waals surface area contributed by atoms with Crippen LogP contribution in [0.1, 0.15) is 24.3 Å². The zero-order valence-electron chi connectivity index (χ0n) is 19.7. The van der Waals surface area contributed by atoms with Crippen LogP contribution in [0.2, 0.25) is 0 Å². The Morgan fingerprint density at radius 3 is 2.89 bits per heavy atom. The molecule has 0 unspecified atom stereocenters. The lowest BCUT2D eigenvalue weighted by Crippen LogP contribution is -2.35. The highest BCUT2D eigenvalue weighted by molar-refractivity contribution is 5.95. The van der Waals surface area contributed by atoms with E-state index in [1.165, 1.54) is 10.1 Å². The summed E-state index contributed by atoms with van der Waals surface area (Å²) in [6.45, 7) is 4.01. The van der Waals surface area contributed by atoms with Gasteiger partial charge in [-0.05, 0) is 55.1 Å². The highest BCUT2D eigenvalue weighted by Gasteiger charge is 2.40. The molecule has 0 radical (unpaired) electrons. The Kier molecular flexibility index (Phi) is 5.53. The van der Waals surface area contributed by atoms with Crippen LogP contribution in [0.25, 0.3) is 21.7 Å². The minimum absolute atomic E-state index is 0.248. The average Bonchev–Trinajstić information content (AvgIpc) is 3.30. The molecule has 0 bridgehead atoms. The third-order valence-electron chi connectivity index (χ3n) is 7.43.